The van der Waals surface area contributed by atoms with Crippen LogP contribution in [0.5, 0.6) is 0 Å². The third kappa shape index (κ3) is 4.50. The van der Waals surface area contributed by atoms with Crippen LogP contribution in [0.3, 0.4) is 0 Å². The maximum absolute atomic E-state index is 12.6. The summed E-state index contributed by atoms with van der Waals surface area (Å²) in [4.78, 5) is 12.6. The number of benzene rings is 1. The molecule has 1 aliphatic heterocycles. The lowest BCUT2D eigenvalue weighted by Crippen LogP contribution is -2.60. The van der Waals surface area contributed by atoms with Crippen molar-refractivity contribution in [1.29, 1.82) is 0 Å². The normalized spacial score (nSPS) is 21.2. The Kier molecular flexibility index (Phi) is 6.30. The summed E-state index contributed by atoms with van der Waals surface area (Å²) in [5.74, 6) is -0.304. The molecule has 0 unspecified atom stereocenters. The molecule has 2 rings (SSSR count). The molecule has 1 fully saturated rings. The fourth-order valence-electron chi connectivity index (χ4n) is 3.17. The van der Waals surface area contributed by atoms with Gasteiger partial charge in [0.25, 0.3) is 0 Å². The number of carbonyl (C=O) groups excluding carboxylic acids is 1. The van der Waals surface area contributed by atoms with Crippen LogP contribution in [0.1, 0.15) is 50.9 Å². The van der Waals surface area contributed by atoms with E-state index < -0.39 is 11.1 Å². The fraction of sp³-hybridized carbons (Fsp3) is 0.562. The molecule has 7 heteroatoms. The number of ether oxygens (including phenoxy) is 1. The zero-order valence-corrected chi connectivity index (χ0v) is 19.9. The predicted octanol–water partition coefficient (Wildman–Crippen LogP) is 5.02. The van der Waals surface area contributed by atoms with Crippen LogP contribution in [-0.2, 0) is 9.94 Å². The van der Waals surface area contributed by atoms with Crippen LogP contribution < -0.4 is 0 Å². The lowest BCUT2D eigenvalue weighted by atomic mass is 9.80. The quantitative estimate of drug-likeness (QED) is 0.256. The zero-order chi connectivity index (χ0) is 17.6. The van der Waals surface area contributed by atoms with E-state index in [-0.39, 0.29) is 12.1 Å². The Morgan fingerprint density at radius 1 is 1.13 bits per heavy atom. The van der Waals surface area contributed by atoms with Gasteiger partial charge in [0, 0.05) is 34.6 Å². The van der Waals surface area contributed by atoms with E-state index in [2.05, 4.69) is 67.8 Å². The van der Waals surface area contributed by atoms with Crippen LogP contribution in [0.25, 0.3) is 0 Å². The van der Waals surface area contributed by atoms with Gasteiger partial charge in [0.1, 0.15) is 6.10 Å². The molecule has 127 valence electrons. The molecular formula is C16H19I3NO3. The van der Waals surface area contributed by atoms with Crippen LogP contribution in [0.4, 0.5) is 0 Å². The minimum Gasteiger partial charge on any atom is -0.459 e. The van der Waals surface area contributed by atoms with Gasteiger partial charge in [-0.05, 0) is 108 Å². The van der Waals surface area contributed by atoms with Crippen LogP contribution in [0, 0.1) is 10.7 Å². The van der Waals surface area contributed by atoms with Gasteiger partial charge in [-0.25, -0.2) is 4.79 Å². The second-order valence-corrected chi connectivity index (χ2v) is 10.6. The number of nitrogens with zero attached hydrogens (tertiary/aromatic N) is 1. The Labute approximate surface area is 178 Å². The van der Waals surface area contributed by atoms with Gasteiger partial charge in [-0.15, -0.1) is 10.3 Å². The third-order valence-electron chi connectivity index (χ3n) is 4.04. The van der Waals surface area contributed by atoms with Crippen molar-refractivity contribution in [2.24, 2.45) is 0 Å². The summed E-state index contributed by atoms with van der Waals surface area (Å²) in [6.07, 6.45) is 0.844. The van der Waals surface area contributed by atoms with E-state index in [1.54, 1.807) is 0 Å². The first kappa shape index (κ1) is 20.1. The molecule has 1 heterocycles. The highest BCUT2D eigenvalue weighted by atomic mass is 127. The van der Waals surface area contributed by atoms with Crippen molar-refractivity contribution < 1.29 is 14.7 Å². The molecule has 0 aliphatic carbocycles. The summed E-state index contributed by atoms with van der Waals surface area (Å²) in [5, 5.41) is 13.5. The van der Waals surface area contributed by atoms with Gasteiger partial charge < -0.3 is 4.74 Å². The number of hydrogen-bond acceptors (Lipinski definition) is 3. The Balaban J connectivity index is 2.21. The average Bonchev–Trinajstić information content (AvgIpc) is 2.39. The summed E-state index contributed by atoms with van der Waals surface area (Å²) in [6.45, 7) is 7.61. The lowest BCUT2D eigenvalue weighted by molar-refractivity contribution is -0.298. The lowest BCUT2D eigenvalue weighted by Gasteiger charge is -2.49. The van der Waals surface area contributed by atoms with Crippen molar-refractivity contribution in [1.82, 2.24) is 5.06 Å². The van der Waals surface area contributed by atoms with E-state index in [9.17, 15) is 10.0 Å². The van der Waals surface area contributed by atoms with Crippen molar-refractivity contribution in [3.63, 3.8) is 0 Å². The molecule has 0 atom stereocenters. The van der Waals surface area contributed by atoms with E-state index in [0.717, 1.165) is 15.8 Å². The Bertz CT molecular complexity index is 613. The molecule has 1 aromatic rings. The maximum Gasteiger partial charge on any atom is 0.339 e. The molecule has 1 radical (unpaired) electrons. The van der Waals surface area contributed by atoms with E-state index in [4.69, 9.17) is 4.74 Å². The second-order valence-electron chi connectivity index (χ2n) is 7.10. The smallest absolute Gasteiger partial charge is 0.339 e. The number of esters is 1. The summed E-state index contributed by atoms with van der Waals surface area (Å²) < 4.78 is 8.73. The number of piperidine rings is 1. The molecule has 4 nitrogen and oxygen atoms in total. The average molecular weight is 654 g/mol. The molecule has 0 aromatic heterocycles. The molecule has 1 aliphatic rings. The first-order chi connectivity index (χ1) is 10.4. The fourth-order valence-corrected chi connectivity index (χ4v) is 5.55. The van der Waals surface area contributed by atoms with Gasteiger partial charge in [-0.3, -0.25) is 0 Å². The molecule has 0 N–H and O–H groups in total. The first-order valence-corrected chi connectivity index (χ1v) is 10.5. The molecule has 23 heavy (non-hydrogen) atoms. The standard InChI is InChI=1S/C16H19I3NO3/c1-15(2)7-10(8-16(3,4)20(15)22)23-14(21)11-5-9(17)6-12(18)13(11)19/h5-6,10H,7-8H2,1-4H3. The first-order valence-electron chi connectivity index (χ1n) is 7.27. The number of halogens is 3. The monoisotopic (exact) mass is 654 g/mol. The molecular weight excluding hydrogens is 635 g/mol. The zero-order valence-electron chi connectivity index (χ0n) is 13.5. The summed E-state index contributed by atoms with van der Waals surface area (Å²) in [6, 6.07) is 3.88. The summed E-state index contributed by atoms with van der Waals surface area (Å²) in [5.41, 5.74) is -0.485. The Hall–Kier alpha value is 0.800. The SMILES string of the molecule is CC1(C)CC(OC(=O)c2cc(I)cc(I)c2I)CC(C)(C)N1[O]. The largest absolute Gasteiger partial charge is 0.459 e. The van der Waals surface area contributed by atoms with Crippen molar-refractivity contribution in [3.8, 4) is 0 Å². The van der Waals surface area contributed by atoms with Crippen molar-refractivity contribution in [2.75, 3.05) is 0 Å². The highest BCUT2D eigenvalue weighted by Crippen LogP contribution is 2.38. The van der Waals surface area contributed by atoms with Gasteiger partial charge in [0.2, 0.25) is 0 Å². The second kappa shape index (κ2) is 7.20. The van der Waals surface area contributed by atoms with Crippen LogP contribution in [0.2, 0.25) is 0 Å². The molecule has 0 amide bonds. The van der Waals surface area contributed by atoms with Crippen LogP contribution in [-0.4, -0.2) is 28.2 Å². The van der Waals surface area contributed by atoms with Gasteiger partial charge in [0.15, 0.2) is 0 Å². The third-order valence-corrected chi connectivity index (χ3v) is 7.71. The molecule has 0 saturated carbocycles. The Morgan fingerprint density at radius 3 is 2.17 bits per heavy atom. The topological polar surface area (TPSA) is 49.4 Å². The predicted molar refractivity (Wildman–Crippen MR) is 114 cm³/mol. The number of rotatable bonds is 2. The minimum absolute atomic E-state index is 0.246. The highest BCUT2D eigenvalue weighted by Gasteiger charge is 2.47. The Morgan fingerprint density at radius 2 is 1.65 bits per heavy atom. The highest BCUT2D eigenvalue weighted by molar-refractivity contribution is 14.1. The molecule has 1 aromatic carbocycles. The van der Waals surface area contributed by atoms with Gasteiger partial charge in [0.05, 0.1) is 5.56 Å². The molecule has 0 bridgehead atoms. The maximum atomic E-state index is 12.6. The summed E-state index contributed by atoms with van der Waals surface area (Å²) >= 11 is 6.61. The van der Waals surface area contributed by atoms with Gasteiger partial charge in [-0.1, -0.05) is 0 Å². The van der Waals surface area contributed by atoms with Crippen molar-refractivity contribution >= 4 is 73.7 Å². The van der Waals surface area contributed by atoms with Crippen molar-refractivity contribution in [2.45, 2.75) is 57.7 Å². The van der Waals surface area contributed by atoms with E-state index in [1.165, 1.54) is 0 Å². The van der Waals surface area contributed by atoms with E-state index in [1.807, 2.05) is 39.8 Å². The van der Waals surface area contributed by atoms with E-state index >= 15 is 0 Å². The molecule has 1 saturated heterocycles. The number of hydrogen-bond donors (Lipinski definition) is 0. The number of hydroxylamine groups is 2. The van der Waals surface area contributed by atoms with Crippen LogP contribution in [0.15, 0.2) is 12.1 Å². The van der Waals surface area contributed by atoms with E-state index in [0.29, 0.717) is 18.4 Å². The minimum atomic E-state index is -0.542. The van der Waals surface area contributed by atoms with Gasteiger partial charge in [-0.2, -0.15) is 0 Å². The van der Waals surface area contributed by atoms with Crippen molar-refractivity contribution in [3.05, 3.63) is 28.4 Å². The van der Waals surface area contributed by atoms with Gasteiger partial charge >= 0.3 is 5.97 Å². The summed E-state index contributed by atoms with van der Waals surface area (Å²) in [7, 11) is 0. The molecule has 0 spiro atoms. The van der Waals surface area contributed by atoms with Crippen LogP contribution >= 0.6 is 67.8 Å². The number of carbonyl (C=O) groups is 1.